The lowest BCUT2D eigenvalue weighted by atomic mass is 9.96. The van der Waals surface area contributed by atoms with E-state index in [2.05, 4.69) is 14.9 Å². The largest absolute Gasteiger partial charge is 0.507 e. The van der Waals surface area contributed by atoms with E-state index in [0.29, 0.717) is 48.8 Å². The summed E-state index contributed by atoms with van der Waals surface area (Å²) in [5.74, 6) is -2.36. The Morgan fingerprint density at radius 3 is 2.63 bits per heavy atom. The number of Topliss-reactive ketones (excluding diaryl/α,β-unsaturated/α-hetero) is 1. The normalized spacial score (nSPS) is 20.4. The molecule has 0 bridgehead atoms. The predicted octanol–water partition coefficient (Wildman–Crippen LogP) is 1.96. The van der Waals surface area contributed by atoms with Gasteiger partial charge in [0, 0.05) is 43.6 Å². The number of rotatable bonds is 7. The third-order valence-electron chi connectivity index (χ3n) is 6.42. The van der Waals surface area contributed by atoms with Gasteiger partial charge >= 0.3 is 5.97 Å². The fraction of sp³-hybridized carbons (Fsp3) is 0.440. The maximum atomic E-state index is 13.3. The van der Waals surface area contributed by atoms with Gasteiger partial charge in [-0.3, -0.25) is 19.5 Å². The first-order valence-corrected chi connectivity index (χ1v) is 11.7. The number of nitrogens with zero attached hydrogens (tertiary/aromatic N) is 3. The number of aryl methyl sites for hydroxylation is 1. The van der Waals surface area contributed by atoms with Gasteiger partial charge in [0.05, 0.1) is 31.1 Å². The molecule has 10 nitrogen and oxygen atoms in total. The second-order valence-electron chi connectivity index (χ2n) is 8.55. The van der Waals surface area contributed by atoms with E-state index in [4.69, 9.17) is 9.47 Å². The van der Waals surface area contributed by atoms with Crippen molar-refractivity contribution >= 4 is 23.4 Å². The van der Waals surface area contributed by atoms with Gasteiger partial charge in [-0.1, -0.05) is 6.07 Å². The molecule has 35 heavy (non-hydrogen) atoms. The molecule has 2 aromatic rings. The molecule has 0 aliphatic carbocycles. The van der Waals surface area contributed by atoms with Crippen LogP contribution in [0.3, 0.4) is 0 Å². The van der Waals surface area contributed by atoms with Crippen LogP contribution >= 0.6 is 0 Å². The molecule has 1 atom stereocenters. The van der Waals surface area contributed by atoms with Crippen molar-refractivity contribution in [1.82, 2.24) is 19.8 Å². The number of ether oxygens (including phenoxy) is 2. The minimum atomic E-state index is -0.850. The number of carbonyl (C=O) groups excluding carboxylic acids is 3. The Bertz CT molecular complexity index is 1150. The Hall–Kier alpha value is -3.50. The molecule has 2 saturated heterocycles. The molecule has 4 rings (SSSR count). The highest BCUT2D eigenvalue weighted by molar-refractivity contribution is 6.46. The summed E-state index contributed by atoms with van der Waals surface area (Å²) >= 11 is 0. The summed E-state index contributed by atoms with van der Waals surface area (Å²) in [7, 11) is 0. The van der Waals surface area contributed by atoms with E-state index >= 15 is 0 Å². The van der Waals surface area contributed by atoms with E-state index in [1.807, 2.05) is 0 Å². The number of nitrogens with one attached hydrogen (secondary N) is 1. The molecular formula is C25H30N4O6. The van der Waals surface area contributed by atoms with Crippen molar-refractivity contribution in [2.24, 2.45) is 0 Å². The number of ketones is 1. The van der Waals surface area contributed by atoms with E-state index in [9.17, 15) is 19.5 Å². The Balaban J connectivity index is 1.77. The minimum absolute atomic E-state index is 0.0451. The second kappa shape index (κ2) is 10.4. The Morgan fingerprint density at radius 2 is 1.97 bits per heavy atom. The smallest absolute Gasteiger partial charge is 0.355 e. The van der Waals surface area contributed by atoms with Crippen LogP contribution < -0.4 is 0 Å². The van der Waals surface area contributed by atoms with E-state index in [0.717, 1.165) is 13.1 Å². The molecule has 2 aromatic heterocycles. The van der Waals surface area contributed by atoms with Gasteiger partial charge in [0.1, 0.15) is 17.5 Å². The molecule has 2 aliphatic rings. The zero-order valence-electron chi connectivity index (χ0n) is 20.2. The van der Waals surface area contributed by atoms with Crippen molar-refractivity contribution in [2.75, 3.05) is 46.0 Å². The van der Waals surface area contributed by atoms with Crippen LogP contribution in [0.25, 0.3) is 5.76 Å². The molecule has 0 saturated carbocycles. The Morgan fingerprint density at radius 1 is 1.23 bits per heavy atom. The van der Waals surface area contributed by atoms with Crippen LogP contribution in [0.15, 0.2) is 30.0 Å². The predicted molar refractivity (Wildman–Crippen MR) is 127 cm³/mol. The zero-order chi connectivity index (χ0) is 25.1. The van der Waals surface area contributed by atoms with Crippen LogP contribution in [0.4, 0.5) is 0 Å². The van der Waals surface area contributed by atoms with Crippen LogP contribution in [0.1, 0.15) is 46.0 Å². The lowest BCUT2D eigenvalue weighted by molar-refractivity contribution is -0.140. The van der Waals surface area contributed by atoms with E-state index < -0.39 is 23.7 Å². The summed E-state index contributed by atoms with van der Waals surface area (Å²) < 4.78 is 10.5. The number of amides is 1. The number of carbonyl (C=O) groups is 3. The van der Waals surface area contributed by atoms with Gasteiger partial charge in [0.25, 0.3) is 11.7 Å². The highest BCUT2D eigenvalue weighted by Gasteiger charge is 2.47. The number of likely N-dealkylation sites (tertiary alicyclic amines) is 1. The molecule has 0 spiro atoms. The average molecular weight is 483 g/mol. The number of esters is 1. The number of pyridine rings is 1. The average Bonchev–Trinajstić information content (AvgIpc) is 3.30. The van der Waals surface area contributed by atoms with Gasteiger partial charge < -0.3 is 24.5 Å². The number of hydrogen-bond donors (Lipinski definition) is 2. The molecule has 2 N–H and O–H groups in total. The van der Waals surface area contributed by atoms with Crippen molar-refractivity contribution in [2.45, 2.75) is 26.8 Å². The minimum Gasteiger partial charge on any atom is -0.507 e. The van der Waals surface area contributed by atoms with Gasteiger partial charge in [-0.05, 0) is 38.5 Å². The number of aliphatic hydroxyl groups excluding tert-OH is 1. The molecule has 2 fully saturated rings. The van der Waals surface area contributed by atoms with Crippen LogP contribution in [-0.2, 0) is 19.1 Å². The summed E-state index contributed by atoms with van der Waals surface area (Å²) in [6.07, 6.45) is 1.59. The van der Waals surface area contributed by atoms with E-state index in [1.54, 1.807) is 45.2 Å². The van der Waals surface area contributed by atoms with Gasteiger partial charge in [-0.2, -0.15) is 0 Å². The summed E-state index contributed by atoms with van der Waals surface area (Å²) in [6.45, 7) is 8.85. The molecule has 0 aromatic carbocycles. The molecule has 1 unspecified atom stereocenters. The first-order chi connectivity index (χ1) is 16.8. The van der Waals surface area contributed by atoms with Gasteiger partial charge in [-0.25, -0.2) is 4.79 Å². The first kappa shape index (κ1) is 24.6. The maximum absolute atomic E-state index is 13.3. The lowest BCUT2D eigenvalue weighted by Gasteiger charge is -2.30. The van der Waals surface area contributed by atoms with Gasteiger partial charge in [-0.15, -0.1) is 0 Å². The number of hydrogen-bond acceptors (Lipinski definition) is 8. The van der Waals surface area contributed by atoms with E-state index in [-0.39, 0.29) is 23.6 Å². The standard InChI is InChI=1S/C25H30N4O6/c1-4-35-25(33)20-15(2)18(16(3)27-20)22(30)19-21(17-7-5-6-8-26-17)29(24(32)23(19)31)10-9-28-11-13-34-14-12-28/h5-8,21,27,30H,4,9-14H2,1-3H3. The SMILES string of the molecule is CCOC(=O)c1[nH]c(C)c(C(O)=C2C(=O)C(=O)N(CCN3CCOCC3)C2c2ccccn2)c1C. The second-order valence-corrected chi connectivity index (χ2v) is 8.55. The summed E-state index contributed by atoms with van der Waals surface area (Å²) in [4.78, 5) is 49.8. The number of aliphatic hydroxyl groups is 1. The summed E-state index contributed by atoms with van der Waals surface area (Å²) in [6, 6.07) is 4.40. The topological polar surface area (TPSA) is 125 Å². The molecule has 4 heterocycles. The molecular weight excluding hydrogens is 452 g/mol. The number of H-pyrrole nitrogens is 1. The first-order valence-electron chi connectivity index (χ1n) is 11.7. The summed E-state index contributed by atoms with van der Waals surface area (Å²) in [5, 5.41) is 11.4. The zero-order valence-corrected chi connectivity index (χ0v) is 20.2. The van der Waals surface area contributed by atoms with E-state index in [1.165, 1.54) is 4.90 Å². The van der Waals surface area contributed by atoms with Crippen LogP contribution in [0.5, 0.6) is 0 Å². The molecule has 10 heteroatoms. The van der Waals surface area contributed by atoms with Crippen molar-refractivity contribution in [3.05, 3.63) is 58.2 Å². The van der Waals surface area contributed by atoms with Gasteiger partial charge in [0.2, 0.25) is 0 Å². The van der Waals surface area contributed by atoms with Crippen molar-refractivity contribution in [3.63, 3.8) is 0 Å². The highest BCUT2D eigenvalue weighted by Crippen LogP contribution is 2.40. The number of morpholine rings is 1. The molecule has 186 valence electrons. The maximum Gasteiger partial charge on any atom is 0.355 e. The lowest BCUT2D eigenvalue weighted by Crippen LogP contribution is -2.42. The Kier molecular flexibility index (Phi) is 7.32. The van der Waals surface area contributed by atoms with Crippen LogP contribution in [-0.4, -0.2) is 88.5 Å². The van der Waals surface area contributed by atoms with Crippen LogP contribution in [0, 0.1) is 13.8 Å². The summed E-state index contributed by atoms with van der Waals surface area (Å²) in [5.41, 5.74) is 1.87. The van der Waals surface area contributed by atoms with Crippen LogP contribution in [0.2, 0.25) is 0 Å². The monoisotopic (exact) mass is 482 g/mol. The fourth-order valence-corrected chi connectivity index (χ4v) is 4.68. The third kappa shape index (κ3) is 4.71. The van der Waals surface area contributed by atoms with Crippen molar-refractivity contribution in [1.29, 1.82) is 0 Å². The van der Waals surface area contributed by atoms with Crippen molar-refractivity contribution < 1.29 is 29.0 Å². The molecule has 2 aliphatic heterocycles. The van der Waals surface area contributed by atoms with Gasteiger partial charge in [0.15, 0.2) is 0 Å². The molecule has 1 amide bonds. The number of aromatic nitrogens is 2. The molecule has 0 radical (unpaired) electrons. The third-order valence-corrected chi connectivity index (χ3v) is 6.42. The quantitative estimate of drug-likeness (QED) is 0.266. The fourth-order valence-electron chi connectivity index (χ4n) is 4.68. The number of aromatic amines is 1. The Labute approximate surface area is 203 Å². The highest BCUT2D eigenvalue weighted by atomic mass is 16.5. The van der Waals surface area contributed by atoms with Crippen molar-refractivity contribution in [3.8, 4) is 0 Å².